The third kappa shape index (κ3) is 2.06. The Morgan fingerprint density at radius 3 is 2.71 bits per heavy atom. The Bertz CT molecular complexity index is 418. The van der Waals surface area contributed by atoms with Gasteiger partial charge in [-0.1, -0.05) is 12.2 Å². The summed E-state index contributed by atoms with van der Waals surface area (Å²) in [5, 5.41) is 11.9. The highest BCUT2D eigenvalue weighted by molar-refractivity contribution is 7.80. The Kier molecular flexibility index (Phi) is 3.15. The van der Waals surface area contributed by atoms with E-state index in [0.717, 1.165) is 16.8 Å². The van der Waals surface area contributed by atoms with Gasteiger partial charge in [-0.25, -0.2) is 4.98 Å². The van der Waals surface area contributed by atoms with Crippen LogP contribution in [0.3, 0.4) is 0 Å². The van der Waals surface area contributed by atoms with Crippen LogP contribution in [0.15, 0.2) is 6.20 Å². The van der Waals surface area contributed by atoms with Gasteiger partial charge >= 0.3 is 0 Å². The van der Waals surface area contributed by atoms with Crippen molar-refractivity contribution in [1.29, 1.82) is 5.26 Å². The minimum absolute atomic E-state index is 0.439. The lowest BCUT2D eigenvalue weighted by molar-refractivity contribution is 1.18. The number of pyridine rings is 1. The van der Waals surface area contributed by atoms with Gasteiger partial charge in [0.25, 0.3) is 0 Å². The first kappa shape index (κ1) is 10.6. The van der Waals surface area contributed by atoms with Crippen LogP contribution in [0.2, 0.25) is 0 Å². The Morgan fingerprint density at radius 2 is 2.21 bits per heavy atom. The van der Waals surface area contributed by atoms with Crippen LogP contribution in [0.1, 0.15) is 23.7 Å². The summed E-state index contributed by atoms with van der Waals surface area (Å²) < 4.78 is 0. The molecule has 1 aromatic heterocycles. The molecule has 0 amide bonds. The molecule has 0 saturated carbocycles. The molecule has 1 N–H and O–H groups in total. The lowest BCUT2D eigenvalue weighted by Crippen LogP contribution is -2.08. The van der Waals surface area contributed by atoms with Gasteiger partial charge in [0.15, 0.2) is 0 Å². The van der Waals surface area contributed by atoms with Crippen molar-refractivity contribution in [3.8, 4) is 6.07 Å². The molecule has 0 unspecified atom stereocenters. The summed E-state index contributed by atoms with van der Waals surface area (Å²) in [6.45, 7) is 5.60. The van der Waals surface area contributed by atoms with Crippen molar-refractivity contribution in [1.82, 2.24) is 4.98 Å². The molecule has 0 spiro atoms. The lowest BCUT2D eigenvalue weighted by Gasteiger charge is -2.11. The van der Waals surface area contributed by atoms with Gasteiger partial charge in [0, 0.05) is 17.4 Å². The van der Waals surface area contributed by atoms with Gasteiger partial charge in [0.05, 0.1) is 4.99 Å². The van der Waals surface area contributed by atoms with Crippen molar-refractivity contribution >= 4 is 22.9 Å². The number of thiocarbonyl (C=S) groups is 1. The summed E-state index contributed by atoms with van der Waals surface area (Å²) >= 11 is 4.96. The van der Waals surface area contributed by atoms with Crippen LogP contribution in [-0.2, 0) is 0 Å². The van der Waals surface area contributed by atoms with E-state index in [1.807, 2.05) is 19.9 Å². The number of nitrogens with zero attached hydrogens (tertiary/aromatic N) is 2. The maximum atomic E-state index is 8.79. The molecular weight excluding hydrogens is 194 g/mol. The first-order valence-electron chi connectivity index (χ1n) is 4.20. The fraction of sp³-hybridized carbons (Fsp3) is 0.300. The van der Waals surface area contributed by atoms with Gasteiger partial charge in [-0.2, -0.15) is 5.26 Å². The van der Waals surface area contributed by atoms with Crippen LogP contribution in [-0.4, -0.2) is 9.97 Å². The third-order valence-electron chi connectivity index (χ3n) is 1.92. The SMILES string of the molecule is CC(=S)Nc1c(C)cnc(C#N)c1C. The monoisotopic (exact) mass is 205 g/mol. The molecule has 1 rings (SSSR count). The molecule has 0 bridgehead atoms. The van der Waals surface area contributed by atoms with Crippen LogP contribution < -0.4 is 5.32 Å². The molecule has 1 aromatic rings. The van der Waals surface area contributed by atoms with Crippen molar-refractivity contribution in [3.63, 3.8) is 0 Å². The van der Waals surface area contributed by atoms with E-state index >= 15 is 0 Å². The average Bonchev–Trinajstić information content (AvgIpc) is 2.12. The van der Waals surface area contributed by atoms with E-state index in [-0.39, 0.29) is 0 Å². The fourth-order valence-electron chi connectivity index (χ4n) is 1.22. The van der Waals surface area contributed by atoms with E-state index in [4.69, 9.17) is 17.5 Å². The number of anilines is 1. The fourth-order valence-corrected chi connectivity index (χ4v) is 1.32. The van der Waals surface area contributed by atoms with Crippen molar-refractivity contribution < 1.29 is 0 Å². The number of rotatable bonds is 1. The molecule has 0 aliphatic rings. The summed E-state index contributed by atoms with van der Waals surface area (Å²) in [5.74, 6) is 0. The minimum Gasteiger partial charge on any atom is -0.350 e. The second kappa shape index (κ2) is 4.16. The largest absolute Gasteiger partial charge is 0.350 e. The number of aromatic nitrogens is 1. The van der Waals surface area contributed by atoms with Crippen LogP contribution in [0.4, 0.5) is 5.69 Å². The van der Waals surface area contributed by atoms with Crippen LogP contribution in [0.5, 0.6) is 0 Å². The zero-order valence-electron chi connectivity index (χ0n) is 8.38. The summed E-state index contributed by atoms with van der Waals surface area (Å²) in [4.78, 5) is 4.71. The van der Waals surface area contributed by atoms with E-state index in [1.54, 1.807) is 13.1 Å². The summed E-state index contributed by atoms with van der Waals surface area (Å²) in [5.41, 5.74) is 3.17. The molecular formula is C10H11N3S. The average molecular weight is 205 g/mol. The standard InChI is InChI=1S/C10H11N3S/c1-6-5-12-9(4-11)7(2)10(6)13-8(3)14/h5H,1-3H3,(H,12,13,14). The number of aryl methyl sites for hydroxylation is 1. The van der Waals surface area contributed by atoms with Crippen LogP contribution >= 0.6 is 12.2 Å². The first-order chi connectivity index (χ1) is 6.56. The summed E-state index contributed by atoms with van der Waals surface area (Å²) in [6.07, 6.45) is 1.67. The lowest BCUT2D eigenvalue weighted by atomic mass is 10.1. The van der Waals surface area contributed by atoms with E-state index in [9.17, 15) is 0 Å². The molecule has 0 fully saturated rings. The maximum Gasteiger partial charge on any atom is 0.145 e. The topological polar surface area (TPSA) is 48.7 Å². The molecule has 0 atom stereocenters. The Balaban J connectivity index is 3.27. The predicted octanol–water partition coefficient (Wildman–Crippen LogP) is 2.33. The van der Waals surface area contributed by atoms with Gasteiger partial charge < -0.3 is 5.32 Å². The molecule has 4 heteroatoms. The van der Waals surface area contributed by atoms with E-state index < -0.39 is 0 Å². The molecule has 72 valence electrons. The number of nitriles is 1. The maximum absolute atomic E-state index is 8.79. The number of hydrogen-bond acceptors (Lipinski definition) is 3. The zero-order chi connectivity index (χ0) is 10.7. The Labute approximate surface area is 88.8 Å². The smallest absolute Gasteiger partial charge is 0.145 e. The number of hydrogen-bond donors (Lipinski definition) is 1. The normalized spacial score (nSPS) is 9.29. The molecule has 1 heterocycles. The second-order valence-corrected chi connectivity index (χ2v) is 3.70. The zero-order valence-corrected chi connectivity index (χ0v) is 9.20. The Hall–Kier alpha value is -1.47. The van der Waals surface area contributed by atoms with Gasteiger partial charge in [0.1, 0.15) is 11.8 Å². The third-order valence-corrected chi connectivity index (χ3v) is 2.02. The molecule has 14 heavy (non-hydrogen) atoms. The molecule has 0 saturated heterocycles. The van der Waals surface area contributed by atoms with E-state index in [1.165, 1.54) is 0 Å². The summed E-state index contributed by atoms with van der Waals surface area (Å²) in [6, 6.07) is 2.04. The highest BCUT2D eigenvalue weighted by Crippen LogP contribution is 2.21. The van der Waals surface area contributed by atoms with Crippen molar-refractivity contribution in [2.24, 2.45) is 0 Å². The molecule has 0 aliphatic carbocycles. The predicted molar refractivity (Wildman–Crippen MR) is 60.3 cm³/mol. The minimum atomic E-state index is 0.439. The van der Waals surface area contributed by atoms with Crippen LogP contribution in [0, 0.1) is 25.2 Å². The molecule has 3 nitrogen and oxygen atoms in total. The van der Waals surface area contributed by atoms with Crippen LogP contribution in [0.25, 0.3) is 0 Å². The van der Waals surface area contributed by atoms with Gasteiger partial charge in [0.2, 0.25) is 0 Å². The Morgan fingerprint density at radius 1 is 1.57 bits per heavy atom. The highest BCUT2D eigenvalue weighted by Gasteiger charge is 2.08. The van der Waals surface area contributed by atoms with Gasteiger partial charge in [-0.05, 0) is 26.3 Å². The first-order valence-corrected chi connectivity index (χ1v) is 4.61. The molecule has 0 radical (unpaired) electrons. The molecule has 0 aromatic carbocycles. The summed E-state index contributed by atoms with van der Waals surface area (Å²) in [7, 11) is 0. The second-order valence-electron chi connectivity index (χ2n) is 3.08. The quantitative estimate of drug-likeness (QED) is 0.715. The van der Waals surface area contributed by atoms with Gasteiger partial charge in [-0.3, -0.25) is 0 Å². The van der Waals surface area contributed by atoms with Gasteiger partial charge in [-0.15, -0.1) is 0 Å². The van der Waals surface area contributed by atoms with Crippen molar-refractivity contribution in [3.05, 3.63) is 23.0 Å². The molecule has 0 aliphatic heterocycles. The van der Waals surface area contributed by atoms with Crippen molar-refractivity contribution in [2.75, 3.05) is 5.32 Å². The highest BCUT2D eigenvalue weighted by atomic mass is 32.1. The van der Waals surface area contributed by atoms with Crippen molar-refractivity contribution in [2.45, 2.75) is 20.8 Å². The van der Waals surface area contributed by atoms with E-state index in [0.29, 0.717) is 10.7 Å². The number of nitrogens with one attached hydrogen (secondary N) is 1. The van der Waals surface area contributed by atoms with E-state index in [2.05, 4.69) is 10.3 Å².